The van der Waals surface area contributed by atoms with E-state index in [2.05, 4.69) is 10.1 Å². The zero-order valence-electron chi connectivity index (χ0n) is 12.5. The molecule has 0 bridgehead atoms. The molecule has 0 fully saturated rings. The van der Waals surface area contributed by atoms with Crippen LogP contribution in [0.5, 0.6) is 5.75 Å². The van der Waals surface area contributed by atoms with Crippen molar-refractivity contribution >= 4 is 28.8 Å². The molecule has 0 radical (unpaired) electrons. The summed E-state index contributed by atoms with van der Waals surface area (Å²) in [5.74, 6) is -0.601. The number of hydrogen-bond donors (Lipinski definition) is 3. The molecule has 7 nitrogen and oxygen atoms in total. The van der Waals surface area contributed by atoms with Gasteiger partial charge in [0.15, 0.2) is 5.65 Å². The zero-order valence-corrected chi connectivity index (χ0v) is 13.2. The highest BCUT2D eigenvalue weighted by Crippen LogP contribution is 2.37. The highest BCUT2D eigenvalue weighted by atomic mass is 35.5. The van der Waals surface area contributed by atoms with Crippen LogP contribution in [0.25, 0.3) is 16.8 Å². The van der Waals surface area contributed by atoms with Crippen molar-refractivity contribution in [3.8, 4) is 16.9 Å². The number of rotatable bonds is 2. The molecule has 5 N–H and O–H groups in total. The number of aromatic hydroxyl groups is 1. The lowest BCUT2D eigenvalue weighted by Gasteiger charge is -2.15. The van der Waals surface area contributed by atoms with Crippen LogP contribution < -0.4 is 11.5 Å². The van der Waals surface area contributed by atoms with E-state index in [0.29, 0.717) is 16.7 Å². The number of phenolic OH excluding ortho intramolecular Hbond substituents is 1. The Morgan fingerprint density at radius 2 is 2.04 bits per heavy atom. The number of anilines is 1. The van der Waals surface area contributed by atoms with E-state index in [1.807, 2.05) is 6.92 Å². The van der Waals surface area contributed by atoms with Gasteiger partial charge in [-0.05, 0) is 48.2 Å². The van der Waals surface area contributed by atoms with Gasteiger partial charge in [-0.1, -0.05) is 6.07 Å². The number of hydrogen-bond acceptors (Lipinski definition) is 5. The lowest BCUT2D eigenvalue weighted by atomic mass is 9.93. The van der Waals surface area contributed by atoms with E-state index in [0.717, 1.165) is 5.56 Å². The Morgan fingerprint density at radius 1 is 1.35 bits per heavy atom. The number of nitrogen functional groups attached to an aromatic ring is 1. The van der Waals surface area contributed by atoms with Crippen LogP contribution in [0.4, 0.5) is 5.69 Å². The molecule has 0 saturated carbocycles. The molecule has 0 unspecified atom stereocenters. The van der Waals surface area contributed by atoms with Crippen LogP contribution in [0.3, 0.4) is 0 Å². The molecule has 0 atom stereocenters. The molecule has 0 aliphatic rings. The van der Waals surface area contributed by atoms with Crippen LogP contribution in [0.2, 0.25) is 5.28 Å². The molecule has 3 aromatic rings. The van der Waals surface area contributed by atoms with Crippen molar-refractivity contribution in [2.75, 3.05) is 5.73 Å². The zero-order chi connectivity index (χ0) is 16.9. The number of fused-ring (bicyclic) bond motifs is 1. The predicted octanol–water partition coefficient (Wildman–Crippen LogP) is 2.05. The number of carbonyl (C=O) groups excluding carboxylic acids is 1. The lowest BCUT2D eigenvalue weighted by molar-refractivity contribution is 0.100. The minimum absolute atomic E-state index is 0.0200. The van der Waals surface area contributed by atoms with Crippen LogP contribution in [-0.4, -0.2) is 25.6 Å². The van der Waals surface area contributed by atoms with Gasteiger partial charge in [0.25, 0.3) is 5.91 Å². The topological polar surface area (TPSA) is 120 Å². The van der Waals surface area contributed by atoms with Crippen molar-refractivity contribution in [3.05, 3.63) is 40.3 Å². The van der Waals surface area contributed by atoms with E-state index in [1.54, 1.807) is 25.3 Å². The van der Waals surface area contributed by atoms with E-state index >= 15 is 0 Å². The highest BCUT2D eigenvalue weighted by Gasteiger charge is 2.22. The molecule has 1 aromatic carbocycles. The number of pyridine rings is 1. The largest absolute Gasteiger partial charge is 0.508 e. The summed E-state index contributed by atoms with van der Waals surface area (Å²) in [6.07, 6.45) is 1.62. The van der Waals surface area contributed by atoms with Gasteiger partial charge < -0.3 is 16.6 Å². The number of aryl methyl sites for hydroxylation is 1. The van der Waals surface area contributed by atoms with Gasteiger partial charge in [0.05, 0.1) is 5.69 Å². The summed E-state index contributed by atoms with van der Waals surface area (Å²) in [5.41, 5.74) is 14.8. The van der Waals surface area contributed by atoms with Crippen molar-refractivity contribution in [3.63, 3.8) is 0 Å². The Bertz CT molecular complexity index is 964. The molecule has 0 aliphatic carbocycles. The average Bonchev–Trinajstić information content (AvgIpc) is 2.83. The second-order valence-corrected chi connectivity index (χ2v) is 5.58. The smallest absolute Gasteiger partial charge is 0.254 e. The number of benzene rings is 1. The van der Waals surface area contributed by atoms with E-state index in [1.165, 1.54) is 4.52 Å². The van der Waals surface area contributed by atoms with Crippen LogP contribution >= 0.6 is 11.6 Å². The fraction of sp³-hybridized carbons (Fsp3) is 0.133. The summed E-state index contributed by atoms with van der Waals surface area (Å²) in [6.45, 7) is 3.64. The summed E-state index contributed by atoms with van der Waals surface area (Å²) < 4.78 is 1.36. The third-order valence-corrected chi connectivity index (χ3v) is 3.96. The van der Waals surface area contributed by atoms with Crippen LogP contribution in [0.1, 0.15) is 21.5 Å². The minimum Gasteiger partial charge on any atom is -0.508 e. The van der Waals surface area contributed by atoms with Crippen LogP contribution in [0.15, 0.2) is 18.3 Å². The minimum atomic E-state index is -0.728. The van der Waals surface area contributed by atoms with Crippen molar-refractivity contribution < 1.29 is 9.90 Å². The van der Waals surface area contributed by atoms with Crippen LogP contribution in [0, 0.1) is 13.8 Å². The van der Waals surface area contributed by atoms with Gasteiger partial charge in [-0.15, -0.1) is 5.10 Å². The standard InChI is InChI=1S/C15H14ClN5O2/c1-6-3-4-9(22)7(2)10(6)8-5-21-14(19-15(16)20-21)11(12(8)17)13(18)23/h3-5,22H,17H2,1-2H3,(H2,18,23). The monoisotopic (exact) mass is 331 g/mol. The first kappa shape index (κ1) is 15.1. The number of aromatic nitrogens is 3. The number of primary amides is 1. The molecular formula is C15H14ClN5O2. The number of amides is 1. The summed E-state index contributed by atoms with van der Waals surface area (Å²) in [6, 6.07) is 3.36. The fourth-order valence-corrected chi connectivity index (χ4v) is 2.86. The van der Waals surface area contributed by atoms with E-state index in [4.69, 9.17) is 23.1 Å². The first-order chi connectivity index (χ1) is 10.8. The second kappa shape index (κ2) is 5.13. The Morgan fingerprint density at radius 3 is 2.70 bits per heavy atom. The predicted molar refractivity (Wildman–Crippen MR) is 87.5 cm³/mol. The number of nitrogens with zero attached hydrogens (tertiary/aromatic N) is 3. The van der Waals surface area contributed by atoms with Gasteiger partial charge in [-0.2, -0.15) is 4.98 Å². The maximum atomic E-state index is 11.8. The first-order valence-electron chi connectivity index (χ1n) is 6.75. The summed E-state index contributed by atoms with van der Waals surface area (Å²) in [5, 5.41) is 14.0. The summed E-state index contributed by atoms with van der Waals surface area (Å²) >= 11 is 5.82. The van der Waals surface area contributed by atoms with Gasteiger partial charge in [-0.3, -0.25) is 4.79 Å². The van der Waals surface area contributed by atoms with Gasteiger partial charge in [-0.25, -0.2) is 4.52 Å². The highest BCUT2D eigenvalue weighted by molar-refractivity contribution is 6.28. The summed E-state index contributed by atoms with van der Waals surface area (Å²) in [4.78, 5) is 15.8. The SMILES string of the molecule is Cc1ccc(O)c(C)c1-c1cn2nc(Cl)nc2c(C(N)=O)c1N. The molecule has 23 heavy (non-hydrogen) atoms. The Hall–Kier alpha value is -2.80. The lowest BCUT2D eigenvalue weighted by Crippen LogP contribution is -2.16. The van der Waals surface area contributed by atoms with Crippen molar-refractivity contribution in [1.29, 1.82) is 0 Å². The third-order valence-electron chi connectivity index (χ3n) is 3.80. The Kier molecular flexibility index (Phi) is 3.37. The van der Waals surface area contributed by atoms with Crippen molar-refractivity contribution in [1.82, 2.24) is 14.6 Å². The first-order valence-corrected chi connectivity index (χ1v) is 7.12. The maximum absolute atomic E-state index is 11.8. The molecule has 2 heterocycles. The van der Waals surface area contributed by atoms with Gasteiger partial charge in [0.1, 0.15) is 11.3 Å². The van der Waals surface area contributed by atoms with Crippen molar-refractivity contribution in [2.24, 2.45) is 5.73 Å². The molecule has 8 heteroatoms. The Labute approximate surface area is 136 Å². The second-order valence-electron chi connectivity index (χ2n) is 5.25. The number of phenols is 1. The van der Waals surface area contributed by atoms with Gasteiger partial charge in [0.2, 0.25) is 5.28 Å². The molecule has 2 aromatic heterocycles. The molecular weight excluding hydrogens is 318 g/mol. The van der Waals surface area contributed by atoms with Gasteiger partial charge >= 0.3 is 0 Å². The third kappa shape index (κ3) is 2.25. The molecule has 1 amide bonds. The molecule has 0 saturated heterocycles. The molecule has 0 aliphatic heterocycles. The number of nitrogens with two attached hydrogens (primary N) is 2. The van der Waals surface area contributed by atoms with Crippen LogP contribution in [-0.2, 0) is 0 Å². The van der Waals surface area contributed by atoms with Gasteiger partial charge in [0, 0.05) is 11.8 Å². The average molecular weight is 332 g/mol. The van der Waals surface area contributed by atoms with E-state index < -0.39 is 5.91 Å². The normalized spacial score (nSPS) is 11.1. The van der Waals surface area contributed by atoms with E-state index in [-0.39, 0.29) is 27.9 Å². The molecule has 3 rings (SSSR count). The number of carbonyl (C=O) groups is 1. The molecule has 118 valence electrons. The quantitative estimate of drug-likeness (QED) is 0.664. The fourth-order valence-electron chi connectivity index (χ4n) is 2.70. The Balaban J connectivity index is 2.46. The molecule has 0 spiro atoms. The number of halogens is 1. The van der Waals surface area contributed by atoms with Crippen molar-refractivity contribution in [2.45, 2.75) is 13.8 Å². The summed E-state index contributed by atoms with van der Waals surface area (Å²) in [7, 11) is 0. The maximum Gasteiger partial charge on any atom is 0.254 e. The van der Waals surface area contributed by atoms with E-state index in [9.17, 15) is 9.90 Å².